The number of aromatic nitrogens is 1. The first-order valence-corrected chi connectivity index (χ1v) is 8.14. The van der Waals surface area contributed by atoms with Gasteiger partial charge in [-0.15, -0.1) is 0 Å². The van der Waals surface area contributed by atoms with Crippen LogP contribution in [0.5, 0.6) is 0 Å². The van der Waals surface area contributed by atoms with Crippen molar-refractivity contribution in [2.75, 3.05) is 0 Å². The molecular weight excluding hydrogens is 335 g/mol. The number of pyridine rings is 1. The van der Waals surface area contributed by atoms with Crippen LogP contribution in [-0.4, -0.2) is 4.98 Å². The second kappa shape index (κ2) is 6.30. The van der Waals surface area contributed by atoms with Crippen molar-refractivity contribution < 1.29 is 13.2 Å². The Morgan fingerprint density at radius 3 is 2.27 bits per heavy atom. The fourth-order valence-electron chi connectivity index (χ4n) is 3.09. The van der Waals surface area contributed by atoms with Gasteiger partial charge in [0.25, 0.3) is 0 Å². The number of aryl methyl sites for hydroxylation is 1. The van der Waals surface area contributed by atoms with Gasteiger partial charge in [0, 0.05) is 22.1 Å². The van der Waals surface area contributed by atoms with Crippen molar-refractivity contribution in [1.82, 2.24) is 4.98 Å². The highest BCUT2D eigenvalue weighted by molar-refractivity contribution is 5.85. The Hall–Kier alpha value is -3.14. The number of hydrogen-bond acceptors (Lipinski definition) is 1. The van der Waals surface area contributed by atoms with Gasteiger partial charge in [0.05, 0.1) is 11.2 Å². The average molecular weight is 349 g/mol. The van der Waals surface area contributed by atoms with E-state index in [1.807, 2.05) is 6.92 Å². The molecule has 1 heterocycles. The molecule has 1 aromatic heterocycles. The molecule has 0 N–H and O–H groups in total. The number of hydrogen-bond donors (Lipinski definition) is 0. The SMILES string of the molecule is Cc1cc(-c2ccc(-c3ccccc3F)c(F)c2)nc2ccc(F)cc12. The molecule has 4 heteroatoms. The van der Waals surface area contributed by atoms with Gasteiger partial charge < -0.3 is 0 Å². The molecule has 4 rings (SSSR count). The van der Waals surface area contributed by atoms with Crippen molar-refractivity contribution in [3.05, 3.63) is 89.7 Å². The zero-order valence-electron chi connectivity index (χ0n) is 13.9. The van der Waals surface area contributed by atoms with Crippen LogP contribution in [0.3, 0.4) is 0 Å². The van der Waals surface area contributed by atoms with Crippen molar-refractivity contribution >= 4 is 10.9 Å². The van der Waals surface area contributed by atoms with Crippen LogP contribution >= 0.6 is 0 Å². The fourth-order valence-corrected chi connectivity index (χ4v) is 3.09. The van der Waals surface area contributed by atoms with Crippen LogP contribution in [0.1, 0.15) is 5.56 Å². The molecule has 0 spiro atoms. The molecule has 0 aliphatic heterocycles. The first-order chi connectivity index (χ1) is 12.5. The molecule has 0 fully saturated rings. The highest BCUT2D eigenvalue weighted by Gasteiger charge is 2.12. The van der Waals surface area contributed by atoms with Gasteiger partial charge in [-0.25, -0.2) is 18.2 Å². The monoisotopic (exact) mass is 349 g/mol. The summed E-state index contributed by atoms with van der Waals surface area (Å²) < 4.78 is 42.0. The highest BCUT2D eigenvalue weighted by Crippen LogP contribution is 2.30. The van der Waals surface area contributed by atoms with E-state index in [1.54, 1.807) is 42.5 Å². The zero-order valence-corrected chi connectivity index (χ0v) is 13.9. The molecule has 1 nitrogen and oxygen atoms in total. The molecule has 128 valence electrons. The number of halogens is 3. The second-order valence-electron chi connectivity index (χ2n) is 6.16. The molecule has 3 aromatic carbocycles. The minimum absolute atomic E-state index is 0.200. The van der Waals surface area contributed by atoms with Crippen LogP contribution in [-0.2, 0) is 0 Å². The van der Waals surface area contributed by atoms with E-state index in [1.165, 1.54) is 24.3 Å². The van der Waals surface area contributed by atoms with Crippen LogP contribution in [0.25, 0.3) is 33.3 Å². The minimum atomic E-state index is -0.522. The number of nitrogens with zero attached hydrogens (tertiary/aromatic N) is 1. The predicted molar refractivity (Wildman–Crippen MR) is 97.2 cm³/mol. The van der Waals surface area contributed by atoms with E-state index in [-0.39, 0.29) is 16.9 Å². The molecule has 0 unspecified atom stereocenters. The summed E-state index contributed by atoms with van der Waals surface area (Å²) in [6.07, 6.45) is 0. The largest absolute Gasteiger partial charge is 0.248 e. The highest BCUT2D eigenvalue weighted by atomic mass is 19.1. The lowest BCUT2D eigenvalue weighted by Gasteiger charge is -2.10. The standard InChI is InChI=1S/C22H14F3N/c1-13-10-22(26-21-9-7-15(23)12-18(13)21)14-6-8-17(20(25)11-14)16-4-2-3-5-19(16)24/h2-12H,1H3. The van der Waals surface area contributed by atoms with Gasteiger partial charge in [0.15, 0.2) is 0 Å². The van der Waals surface area contributed by atoms with Crippen molar-refractivity contribution in [1.29, 1.82) is 0 Å². The fraction of sp³-hybridized carbons (Fsp3) is 0.0455. The summed E-state index contributed by atoms with van der Waals surface area (Å²) in [7, 11) is 0. The van der Waals surface area contributed by atoms with Gasteiger partial charge in [-0.3, -0.25) is 0 Å². The van der Waals surface area contributed by atoms with Crippen LogP contribution in [0.4, 0.5) is 13.2 Å². The molecule has 0 aliphatic carbocycles. The summed E-state index contributed by atoms with van der Waals surface area (Å²) in [6, 6.07) is 16.9. The van der Waals surface area contributed by atoms with E-state index in [2.05, 4.69) is 4.98 Å². The number of benzene rings is 3. The molecule has 0 amide bonds. The Morgan fingerprint density at radius 2 is 1.50 bits per heavy atom. The van der Waals surface area contributed by atoms with E-state index in [9.17, 15) is 13.2 Å². The number of rotatable bonds is 2. The quantitative estimate of drug-likeness (QED) is 0.414. The van der Waals surface area contributed by atoms with Gasteiger partial charge in [0.1, 0.15) is 17.5 Å². The molecule has 0 radical (unpaired) electrons. The topological polar surface area (TPSA) is 12.9 Å². The van der Waals surface area contributed by atoms with Crippen molar-refractivity contribution in [2.45, 2.75) is 6.92 Å². The molecule has 0 atom stereocenters. The van der Waals surface area contributed by atoms with Crippen LogP contribution < -0.4 is 0 Å². The molecule has 4 aromatic rings. The van der Waals surface area contributed by atoms with Gasteiger partial charge in [-0.1, -0.05) is 30.3 Å². The molecule has 0 aliphatic rings. The summed E-state index contributed by atoms with van der Waals surface area (Å²) in [5.74, 6) is -1.32. The van der Waals surface area contributed by atoms with Crippen molar-refractivity contribution in [3.8, 4) is 22.4 Å². The maximum atomic E-state index is 14.6. The predicted octanol–water partition coefficient (Wildman–Crippen LogP) is 6.29. The summed E-state index contributed by atoms with van der Waals surface area (Å²) in [5, 5.41) is 0.720. The lowest BCUT2D eigenvalue weighted by atomic mass is 10.00. The molecule has 0 bridgehead atoms. The van der Waals surface area contributed by atoms with E-state index in [0.717, 1.165) is 10.9 Å². The summed E-state index contributed by atoms with van der Waals surface area (Å²) in [6.45, 7) is 1.86. The Balaban J connectivity index is 1.82. The normalized spacial score (nSPS) is 11.1. The average Bonchev–Trinajstić information content (AvgIpc) is 2.63. The maximum Gasteiger partial charge on any atom is 0.131 e. The van der Waals surface area contributed by atoms with Crippen LogP contribution in [0, 0.1) is 24.4 Å². The third-order valence-electron chi connectivity index (χ3n) is 4.41. The van der Waals surface area contributed by atoms with Crippen LogP contribution in [0.2, 0.25) is 0 Å². The van der Waals surface area contributed by atoms with E-state index in [4.69, 9.17) is 0 Å². The van der Waals surface area contributed by atoms with Crippen molar-refractivity contribution in [3.63, 3.8) is 0 Å². The van der Waals surface area contributed by atoms with Crippen molar-refractivity contribution in [2.24, 2.45) is 0 Å². The second-order valence-corrected chi connectivity index (χ2v) is 6.16. The lowest BCUT2D eigenvalue weighted by Crippen LogP contribution is -1.93. The van der Waals surface area contributed by atoms with Crippen LogP contribution in [0.15, 0.2) is 66.7 Å². The molecular formula is C22H14F3N. The van der Waals surface area contributed by atoms with E-state index < -0.39 is 11.6 Å². The summed E-state index contributed by atoms with van der Waals surface area (Å²) in [5.41, 5.74) is 3.07. The maximum absolute atomic E-state index is 14.6. The Morgan fingerprint density at radius 1 is 0.731 bits per heavy atom. The Labute approximate surface area is 148 Å². The summed E-state index contributed by atoms with van der Waals surface area (Å²) >= 11 is 0. The molecule has 0 saturated heterocycles. The van der Waals surface area contributed by atoms with Gasteiger partial charge in [-0.05, 0) is 48.9 Å². The Bertz CT molecular complexity index is 1140. The molecule has 26 heavy (non-hydrogen) atoms. The molecule has 0 saturated carbocycles. The minimum Gasteiger partial charge on any atom is -0.248 e. The first-order valence-electron chi connectivity index (χ1n) is 8.14. The van der Waals surface area contributed by atoms with E-state index >= 15 is 0 Å². The number of fused-ring (bicyclic) bond motifs is 1. The van der Waals surface area contributed by atoms with E-state index in [0.29, 0.717) is 16.8 Å². The Kier molecular flexibility index (Phi) is 3.96. The van der Waals surface area contributed by atoms with Gasteiger partial charge in [0.2, 0.25) is 0 Å². The first kappa shape index (κ1) is 16.3. The smallest absolute Gasteiger partial charge is 0.131 e. The summed E-state index contributed by atoms with van der Waals surface area (Å²) in [4.78, 5) is 4.50. The van der Waals surface area contributed by atoms with Gasteiger partial charge in [-0.2, -0.15) is 0 Å². The van der Waals surface area contributed by atoms with Gasteiger partial charge >= 0.3 is 0 Å². The lowest BCUT2D eigenvalue weighted by molar-refractivity contribution is 0.616. The zero-order chi connectivity index (χ0) is 18.3. The third-order valence-corrected chi connectivity index (χ3v) is 4.41. The third kappa shape index (κ3) is 2.84.